The van der Waals surface area contributed by atoms with Gasteiger partial charge in [0.15, 0.2) is 0 Å². The van der Waals surface area contributed by atoms with Gasteiger partial charge >= 0.3 is 0 Å². The standard InChI is InChI=1S/C11H14N2/c1-2-10(12)8-4-3-5-11-9(8)6-7-13-11/h3-7,10,13H,2,12H2,1H3. The summed E-state index contributed by atoms with van der Waals surface area (Å²) in [6.07, 6.45) is 2.93. The molecule has 0 radical (unpaired) electrons. The third-order valence-electron chi connectivity index (χ3n) is 2.47. The van der Waals surface area contributed by atoms with Crippen LogP contribution in [0.4, 0.5) is 0 Å². The van der Waals surface area contributed by atoms with Crippen LogP contribution in [-0.2, 0) is 0 Å². The van der Waals surface area contributed by atoms with Crippen molar-refractivity contribution in [3.8, 4) is 0 Å². The number of hydrogen-bond acceptors (Lipinski definition) is 1. The van der Waals surface area contributed by atoms with Crippen LogP contribution >= 0.6 is 0 Å². The quantitative estimate of drug-likeness (QED) is 0.722. The Morgan fingerprint density at radius 3 is 3.00 bits per heavy atom. The topological polar surface area (TPSA) is 41.8 Å². The summed E-state index contributed by atoms with van der Waals surface area (Å²) in [5.41, 5.74) is 8.41. The van der Waals surface area contributed by atoms with E-state index in [1.807, 2.05) is 12.3 Å². The number of rotatable bonds is 2. The van der Waals surface area contributed by atoms with Gasteiger partial charge < -0.3 is 10.7 Å². The van der Waals surface area contributed by atoms with Crippen LogP contribution in [0.3, 0.4) is 0 Å². The summed E-state index contributed by atoms with van der Waals surface area (Å²) in [6.45, 7) is 2.11. The van der Waals surface area contributed by atoms with Crippen LogP contribution in [0.25, 0.3) is 10.9 Å². The molecule has 0 saturated carbocycles. The molecule has 2 rings (SSSR count). The summed E-state index contributed by atoms with van der Waals surface area (Å²) in [5, 5.41) is 1.25. The molecular formula is C11H14N2. The summed E-state index contributed by atoms with van der Waals surface area (Å²) in [7, 11) is 0. The Bertz CT molecular complexity index is 403. The van der Waals surface area contributed by atoms with Gasteiger partial charge in [0.1, 0.15) is 0 Å². The smallest absolute Gasteiger partial charge is 0.0457 e. The van der Waals surface area contributed by atoms with Gasteiger partial charge in [-0.2, -0.15) is 0 Å². The molecule has 0 aliphatic heterocycles. The van der Waals surface area contributed by atoms with Gasteiger partial charge in [-0.3, -0.25) is 0 Å². The lowest BCUT2D eigenvalue weighted by molar-refractivity contribution is 0.704. The van der Waals surface area contributed by atoms with E-state index in [-0.39, 0.29) is 6.04 Å². The van der Waals surface area contributed by atoms with Crippen LogP contribution in [-0.4, -0.2) is 4.98 Å². The average Bonchev–Trinajstić information content (AvgIpc) is 2.63. The zero-order chi connectivity index (χ0) is 9.26. The summed E-state index contributed by atoms with van der Waals surface area (Å²) in [6, 6.07) is 8.45. The number of aromatic nitrogens is 1. The van der Waals surface area contributed by atoms with Crippen LogP contribution in [0, 0.1) is 0 Å². The Morgan fingerprint density at radius 1 is 1.38 bits per heavy atom. The lowest BCUT2D eigenvalue weighted by Crippen LogP contribution is -2.08. The van der Waals surface area contributed by atoms with Crippen LogP contribution in [0.5, 0.6) is 0 Å². The van der Waals surface area contributed by atoms with Crippen LogP contribution < -0.4 is 5.73 Å². The van der Waals surface area contributed by atoms with Crippen molar-refractivity contribution in [3.63, 3.8) is 0 Å². The highest BCUT2D eigenvalue weighted by atomic mass is 14.7. The molecule has 68 valence electrons. The molecule has 2 heteroatoms. The summed E-state index contributed by atoms with van der Waals surface area (Å²) < 4.78 is 0. The number of nitrogens with one attached hydrogen (secondary N) is 1. The van der Waals surface area contributed by atoms with Crippen LogP contribution in [0.1, 0.15) is 24.9 Å². The normalized spacial score (nSPS) is 13.4. The van der Waals surface area contributed by atoms with Crippen molar-refractivity contribution in [2.45, 2.75) is 19.4 Å². The monoisotopic (exact) mass is 174 g/mol. The third kappa shape index (κ3) is 1.33. The SMILES string of the molecule is CCC(N)c1cccc2[nH]ccc12. The van der Waals surface area contributed by atoms with E-state index < -0.39 is 0 Å². The Labute approximate surface area is 77.8 Å². The van der Waals surface area contributed by atoms with E-state index in [0.717, 1.165) is 6.42 Å². The maximum atomic E-state index is 6.01. The van der Waals surface area contributed by atoms with Crippen molar-refractivity contribution in [1.29, 1.82) is 0 Å². The Morgan fingerprint density at radius 2 is 2.23 bits per heavy atom. The van der Waals surface area contributed by atoms with E-state index in [9.17, 15) is 0 Å². The van der Waals surface area contributed by atoms with Crippen molar-refractivity contribution >= 4 is 10.9 Å². The Balaban J connectivity index is 2.60. The summed E-state index contributed by atoms with van der Waals surface area (Å²) in [5.74, 6) is 0. The zero-order valence-electron chi connectivity index (χ0n) is 7.75. The minimum Gasteiger partial charge on any atom is -0.361 e. The second-order valence-corrected chi connectivity index (χ2v) is 3.30. The number of aromatic amines is 1. The van der Waals surface area contributed by atoms with Crippen molar-refractivity contribution in [2.24, 2.45) is 5.73 Å². The molecule has 1 atom stereocenters. The molecule has 1 unspecified atom stereocenters. The van der Waals surface area contributed by atoms with Crippen molar-refractivity contribution in [3.05, 3.63) is 36.0 Å². The molecule has 1 aromatic heterocycles. The number of fused-ring (bicyclic) bond motifs is 1. The number of nitrogens with two attached hydrogens (primary N) is 1. The first-order valence-electron chi connectivity index (χ1n) is 4.64. The average molecular weight is 174 g/mol. The van der Waals surface area contributed by atoms with Gasteiger partial charge in [-0.05, 0) is 24.1 Å². The maximum absolute atomic E-state index is 6.01. The van der Waals surface area contributed by atoms with Crippen LogP contribution in [0.2, 0.25) is 0 Å². The first kappa shape index (κ1) is 8.32. The fraction of sp³-hybridized carbons (Fsp3) is 0.273. The molecule has 2 aromatic rings. The largest absolute Gasteiger partial charge is 0.361 e. The molecule has 0 bridgehead atoms. The highest BCUT2D eigenvalue weighted by molar-refractivity contribution is 5.83. The molecule has 13 heavy (non-hydrogen) atoms. The molecule has 0 amide bonds. The lowest BCUT2D eigenvalue weighted by Gasteiger charge is -2.09. The summed E-state index contributed by atoms with van der Waals surface area (Å²) in [4.78, 5) is 3.18. The second-order valence-electron chi connectivity index (χ2n) is 3.30. The van der Waals surface area contributed by atoms with E-state index >= 15 is 0 Å². The van der Waals surface area contributed by atoms with E-state index in [1.54, 1.807) is 0 Å². The highest BCUT2D eigenvalue weighted by Gasteiger charge is 2.07. The molecule has 0 saturated heterocycles. The van der Waals surface area contributed by atoms with Crippen molar-refractivity contribution < 1.29 is 0 Å². The van der Waals surface area contributed by atoms with Crippen molar-refractivity contribution in [1.82, 2.24) is 4.98 Å². The van der Waals surface area contributed by atoms with Gasteiger partial charge in [-0.1, -0.05) is 19.1 Å². The molecule has 2 nitrogen and oxygen atoms in total. The van der Waals surface area contributed by atoms with E-state index in [1.165, 1.54) is 16.5 Å². The first-order valence-corrected chi connectivity index (χ1v) is 4.64. The molecule has 0 aliphatic carbocycles. The molecule has 0 aliphatic rings. The summed E-state index contributed by atoms with van der Waals surface area (Å²) >= 11 is 0. The molecule has 1 heterocycles. The second kappa shape index (κ2) is 3.23. The lowest BCUT2D eigenvalue weighted by atomic mass is 10.0. The van der Waals surface area contributed by atoms with Gasteiger partial charge in [-0.15, -0.1) is 0 Å². The predicted molar refractivity (Wildman–Crippen MR) is 55.5 cm³/mol. The highest BCUT2D eigenvalue weighted by Crippen LogP contribution is 2.23. The Kier molecular flexibility index (Phi) is 2.07. The Hall–Kier alpha value is -1.28. The fourth-order valence-corrected chi connectivity index (χ4v) is 1.65. The third-order valence-corrected chi connectivity index (χ3v) is 2.47. The number of hydrogen-bond donors (Lipinski definition) is 2. The van der Waals surface area contributed by atoms with Gasteiger partial charge in [0.2, 0.25) is 0 Å². The molecule has 3 N–H and O–H groups in total. The fourth-order valence-electron chi connectivity index (χ4n) is 1.65. The molecule has 0 fully saturated rings. The van der Waals surface area contributed by atoms with Crippen LogP contribution in [0.15, 0.2) is 30.5 Å². The number of H-pyrrole nitrogens is 1. The van der Waals surface area contributed by atoms with E-state index in [4.69, 9.17) is 5.73 Å². The van der Waals surface area contributed by atoms with E-state index in [2.05, 4.69) is 30.1 Å². The van der Waals surface area contributed by atoms with Gasteiger partial charge in [0, 0.05) is 23.1 Å². The first-order chi connectivity index (χ1) is 6.33. The predicted octanol–water partition coefficient (Wildman–Crippen LogP) is 2.58. The van der Waals surface area contributed by atoms with Gasteiger partial charge in [0.05, 0.1) is 0 Å². The minimum atomic E-state index is 0.152. The molecular weight excluding hydrogens is 160 g/mol. The zero-order valence-corrected chi connectivity index (χ0v) is 7.75. The minimum absolute atomic E-state index is 0.152. The number of benzene rings is 1. The van der Waals surface area contributed by atoms with Crippen molar-refractivity contribution in [2.75, 3.05) is 0 Å². The maximum Gasteiger partial charge on any atom is 0.0457 e. The molecule has 0 spiro atoms. The van der Waals surface area contributed by atoms with E-state index in [0.29, 0.717) is 0 Å². The van der Waals surface area contributed by atoms with Gasteiger partial charge in [-0.25, -0.2) is 0 Å². The molecule has 1 aromatic carbocycles. The van der Waals surface area contributed by atoms with Gasteiger partial charge in [0.25, 0.3) is 0 Å².